The highest BCUT2D eigenvalue weighted by Gasteiger charge is 2.13. The number of allylic oxidation sites excluding steroid dienone is 1. The van der Waals surface area contributed by atoms with Gasteiger partial charge >= 0.3 is 6.61 Å². The van der Waals surface area contributed by atoms with Gasteiger partial charge in [-0.15, -0.1) is 34.9 Å². The number of thiazole rings is 1. The van der Waals surface area contributed by atoms with E-state index >= 15 is 0 Å². The Morgan fingerprint density at radius 2 is 1.87 bits per heavy atom. The van der Waals surface area contributed by atoms with Gasteiger partial charge in [-0.25, -0.2) is 4.99 Å². The number of fused-ring (bicyclic) bond motifs is 1. The summed E-state index contributed by atoms with van der Waals surface area (Å²) in [5, 5.41) is 1.98. The fourth-order valence-electron chi connectivity index (χ4n) is 2.97. The molecule has 2 aromatic carbocycles. The summed E-state index contributed by atoms with van der Waals surface area (Å²) in [5.74, 6) is 1.52. The van der Waals surface area contributed by atoms with Gasteiger partial charge in [0.2, 0.25) is 0 Å². The van der Waals surface area contributed by atoms with E-state index in [0.29, 0.717) is 31.3 Å². The number of ether oxygens (including phenoxy) is 3. The lowest BCUT2D eigenvalue weighted by atomic mass is 10.1. The monoisotopic (exact) mass is 496 g/mol. The molecule has 2 heterocycles. The number of nitrogens with zero attached hydrogens (tertiary/aromatic N) is 2. The summed E-state index contributed by atoms with van der Waals surface area (Å²) in [6.07, 6.45) is 1.79. The molecule has 1 aliphatic heterocycles. The SMILES string of the molecule is Br.C=CCn1c(-c2ccc(OC(F)F)cc2)csc1=Nc1ccc2c(c1)OCCO2. The maximum absolute atomic E-state index is 12.4. The van der Waals surface area contributed by atoms with Crippen LogP contribution in [0.2, 0.25) is 0 Å². The summed E-state index contributed by atoms with van der Waals surface area (Å²) in [6.45, 7) is 2.59. The summed E-state index contributed by atoms with van der Waals surface area (Å²) in [7, 11) is 0. The van der Waals surface area contributed by atoms with E-state index < -0.39 is 6.61 Å². The van der Waals surface area contributed by atoms with E-state index in [1.165, 1.54) is 23.5 Å². The molecular weight excluding hydrogens is 478 g/mol. The van der Waals surface area contributed by atoms with Crippen LogP contribution in [0, 0.1) is 0 Å². The first-order valence-corrected chi connectivity index (χ1v) is 9.81. The van der Waals surface area contributed by atoms with E-state index in [-0.39, 0.29) is 22.7 Å². The van der Waals surface area contributed by atoms with Crippen molar-refractivity contribution in [2.24, 2.45) is 4.99 Å². The molecule has 5 nitrogen and oxygen atoms in total. The molecule has 158 valence electrons. The standard InChI is InChI=1S/C21H18F2N2O3S.BrH/c1-2-9-25-17(14-3-6-16(7-4-14)28-20(22)23)13-29-21(25)24-15-5-8-18-19(12-15)27-11-10-26-18;/h2-8,12-13,20H,1,9-11H2;1H. The highest BCUT2D eigenvalue weighted by atomic mass is 79.9. The summed E-state index contributed by atoms with van der Waals surface area (Å²) in [6, 6.07) is 12.1. The molecule has 30 heavy (non-hydrogen) atoms. The molecule has 1 aromatic heterocycles. The molecule has 0 amide bonds. The first kappa shape index (κ1) is 22.0. The van der Waals surface area contributed by atoms with Crippen LogP contribution in [0.25, 0.3) is 11.3 Å². The van der Waals surface area contributed by atoms with Gasteiger partial charge in [-0.2, -0.15) is 8.78 Å². The summed E-state index contributed by atoms with van der Waals surface area (Å²) in [4.78, 5) is 5.53. The molecule has 3 aromatic rings. The van der Waals surface area contributed by atoms with Crippen molar-refractivity contribution in [1.29, 1.82) is 0 Å². The molecule has 0 atom stereocenters. The Labute approximate surface area is 186 Å². The first-order valence-electron chi connectivity index (χ1n) is 8.93. The third-order valence-electron chi connectivity index (χ3n) is 4.24. The molecule has 9 heteroatoms. The molecule has 0 bridgehead atoms. The molecule has 0 radical (unpaired) electrons. The lowest BCUT2D eigenvalue weighted by Crippen LogP contribution is -2.16. The van der Waals surface area contributed by atoms with Gasteiger partial charge in [0, 0.05) is 18.0 Å². The molecule has 1 aliphatic rings. The van der Waals surface area contributed by atoms with Crippen LogP contribution >= 0.6 is 28.3 Å². The first-order chi connectivity index (χ1) is 14.1. The van der Waals surface area contributed by atoms with Gasteiger partial charge in [0.1, 0.15) is 19.0 Å². The van der Waals surface area contributed by atoms with Crippen LogP contribution in [-0.2, 0) is 6.54 Å². The Bertz CT molecular complexity index is 1080. The van der Waals surface area contributed by atoms with Crippen LogP contribution < -0.4 is 19.0 Å². The predicted octanol–water partition coefficient (Wildman–Crippen LogP) is 5.59. The van der Waals surface area contributed by atoms with Gasteiger partial charge in [-0.05, 0) is 42.0 Å². The molecule has 0 aliphatic carbocycles. The molecule has 0 saturated heterocycles. The summed E-state index contributed by atoms with van der Waals surface area (Å²) < 4.78 is 42.3. The van der Waals surface area contributed by atoms with Crippen molar-refractivity contribution in [3.63, 3.8) is 0 Å². The van der Waals surface area contributed by atoms with E-state index in [0.717, 1.165) is 21.7 Å². The zero-order chi connectivity index (χ0) is 20.2. The predicted molar refractivity (Wildman–Crippen MR) is 118 cm³/mol. The van der Waals surface area contributed by atoms with Gasteiger partial charge in [0.15, 0.2) is 16.3 Å². The second kappa shape index (κ2) is 9.90. The lowest BCUT2D eigenvalue weighted by Gasteiger charge is -2.18. The highest BCUT2D eigenvalue weighted by Crippen LogP contribution is 2.33. The van der Waals surface area contributed by atoms with Gasteiger partial charge < -0.3 is 18.8 Å². The van der Waals surface area contributed by atoms with Crippen molar-refractivity contribution in [3.05, 3.63) is 65.3 Å². The number of rotatable bonds is 6. The van der Waals surface area contributed by atoms with Crippen molar-refractivity contribution in [1.82, 2.24) is 4.57 Å². The van der Waals surface area contributed by atoms with Crippen LogP contribution in [-0.4, -0.2) is 24.4 Å². The Morgan fingerprint density at radius 3 is 2.57 bits per heavy atom. The second-order valence-corrected chi connectivity index (χ2v) is 6.98. The molecule has 0 N–H and O–H groups in total. The largest absolute Gasteiger partial charge is 0.486 e. The maximum atomic E-state index is 12.4. The number of benzene rings is 2. The lowest BCUT2D eigenvalue weighted by molar-refractivity contribution is -0.0498. The van der Waals surface area contributed by atoms with E-state index in [1.807, 2.05) is 28.1 Å². The number of hydrogen-bond donors (Lipinski definition) is 0. The zero-order valence-electron chi connectivity index (χ0n) is 15.8. The molecule has 4 rings (SSSR count). The van der Waals surface area contributed by atoms with Crippen molar-refractivity contribution < 1.29 is 23.0 Å². The van der Waals surface area contributed by atoms with Gasteiger partial charge in [-0.1, -0.05) is 6.08 Å². The van der Waals surface area contributed by atoms with Crippen molar-refractivity contribution >= 4 is 34.0 Å². The van der Waals surface area contributed by atoms with E-state index in [9.17, 15) is 8.78 Å². The van der Waals surface area contributed by atoms with Crippen molar-refractivity contribution in [2.75, 3.05) is 13.2 Å². The molecular formula is C21H19BrF2N2O3S. The Hall–Kier alpha value is -2.65. The Balaban J connectivity index is 0.00000256. The van der Waals surface area contributed by atoms with Crippen LogP contribution in [0.4, 0.5) is 14.5 Å². The van der Waals surface area contributed by atoms with Crippen LogP contribution in [0.1, 0.15) is 0 Å². The third-order valence-corrected chi connectivity index (χ3v) is 5.10. The van der Waals surface area contributed by atoms with Gasteiger partial charge in [0.25, 0.3) is 0 Å². The van der Waals surface area contributed by atoms with Crippen molar-refractivity contribution in [2.45, 2.75) is 13.2 Å². The minimum Gasteiger partial charge on any atom is -0.486 e. The number of hydrogen-bond acceptors (Lipinski definition) is 5. The maximum Gasteiger partial charge on any atom is 0.387 e. The summed E-state index contributed by atoms with van der Waals surface area (Å²) in [5.41, 5.74) is 2.53. The average Bonchev–Trinajstić information content (AvgIpc) is 3.11. The number of halogens is 3. The Kier molecular flexibility index (Phi) is 7.28. The smallest absolute Gasteiger partial charge is 0.387 e. The van der Waals surface area contributed by atoms with Crippen LogP contribution in [0.15, 0.2) is 65.5 Å². The fraction of sp³-hybridized carbons (Fsp3) is 0.190. The van der Waals surface area contributed by atoms with Crippen LogP contribution in [0.5, 0.6) is 17.2 Å². The van der Waals surface area contributed by atoms with Gasteiger partial charge in [0.05, 0.1) is 11.4 Å². The topological polar surface area (TPSA) is 45.0 Å². The minimum absolute atomic E-state index is 0. The van der Waals surface area contributed by atoms with E-state index in [2.05, 4.69) is 11.3 Å². The molecule has 0 spiro atoms. The second-order valence-electron chi connectivity index (χ2n) is 6.15. The number of alkyl halides is 2. The normalized spacial score (nSPS) is 13.1. The van der Waals surface area contributed by atoms with E-state index in [1.54, 1.807) is 18.2 Å². The number of aromatic nitrogens is 1. The van der Waals surface area contributed by atoms with E-state index in [4.69, 9.17) is 14.5 Å². The third kappa shape index (κ3) is 4.91. The highest BCUT2D eigenvalue weighted by molar-refractivity contribution is 8.93. The van der Waals surface area contributed by atoms with Gasteiger partial charge in [-0.3, -0.25) is 0 Å². The molecule has 0 unspecified atom stereocenters. The average molecular weight is 497 g/mol. The Morgan fingerprint density at radius 1 is 1.13 bits per heavy atom. The fourth-order valence-corrected chi connectivity index (χ4v) is 3.91. The molecule has 0 fully saturated rings. The van der Waals surface area contributed by atoms with Crippen LogP contribution in [0.3, 0.4) is 0 Å². The minimum atomic E-state index is -2.84. The summed E-state index contributed by atoms with van der Waals surface area (Å²) >= 11 is 1.48. The molecule has 0 saturated carbocycles. The zero-order valence-corrected chi connectivity index (χ0v) is 18.3. The van der Waals surface area contributed by atoms with Crippen molar-refractivity contribution in [3.8, 4) is 28.5 Å². The quantitative estimate of drug-likeness (QED) is 0.418.